The fourth-order valence-electron chi connectivity index (χ4n) is 4.24. The van der Waals surface area contributed by atoms with Crippen molar-refractivity contribution in [3.05, 3.63) is 65.4 Å². The summed E-state index contributed by atoms with van der Waals surface area (Å²) in [4.78, 5) is 6.64. The maximum absolute atomic E-state index is 9.08. The van der Waals surface area contributed by atoms with Crippen LogP contribution in [0.15, 0.2) is 53.5 Å². The number of anilines is 1. The lowest BCUT2D eigenvalue weighted by molar-refractivity contribution is 0.412. The number of hydrogen-bond donors (Lipinski definition) is 2. The lowest BCUT2D eigenvalue weighted by Crippen LogP contribution is -2.42. The van der Waals surface area contributed by atoms with Crippen LogP contribution in [0.2, 0.25) is 0 Å². The highest BCUT2D eigenvalue weighted by atomic mass is 15.3. The van der Waals surface area contributed by atoms with Crippen molar-refractivity contribution in [1.82, 2.24) is 15.5 Å². The summed E-state index contributed by atoms with van der Waals surface area (Å²) < 4.78 is 0. The minimum absolute atomic E-state index is 0.432. The third-order valence-corrected chi connectivity index (χ3v) is 5.95. The van der Waals surface area contributed by atoms with Crippen LogP contribution in [0, 0.1) is 16.7 Å². The van der Waals surface area contributed by atoms with Gasteiger partial charge in [-0.1, -0.05) is 36.4 Å². The van der Waals surface area contributed by atoms with Crippen molar-refractivity contribution in [3.8, 4) is 6.07 Å². The molecule has 1 aliphatic heterocycles. The van der Waals surface area contributed by atoms with Crippen molar-refractivity contribution in [1.29, 1.82) is 10.7 Å². The molecule has 2 aromatic carbocycles. The molecule has 32 heavy (non-hydrogen) atoms. The highest BCUT2D eigenvalue weighted by Crippen LogP contribution is 2.28. The van der Waals surface area contributed by atoms with Gasteiger partial charge in [-0.3, -0.25) is 4.99 Å². The number of nitriles is 1. The average molecular weight is 426 g/mol. The number of piperidine rings is 1. The molecule has 4 rings (SSSR count). The van der Waals surface area contributed by atoms with Crippen LogP contribution >= 0.6 is 0 Å². The summed E-state index contributed by atoms with van der Waals surface area (Å²) in [5.74, 6) is 0.912. The predicted octanol–water partition coefficient (Wildman–Crippen LogP) is 3.72. The summed E-state index contributed by atoms with van der Waals surface area (Å²) in [6.45, 7) is 2.58. The summed E-state index contributed by atoms with van der Waals surface area (Å²) >= 11 is 0. The third-order valence-electron chi connectivity index (χ3n) is 5.95. The van der Waals surface area contributed by atoms with Crippen LogP contribution in [-0.4, -0.2) is 48.3 Å². The molecule has 1 saturated heterocycles. The van der Waals surface area contributed by atoms with Gasteiger partial charge in [0.2, 0.25) is 0 Å². The van der Waals surface area contributed by atoms with Crippen molar-refractivity contribution in [2.45, 2.75) is 31.8 Å². The Morgan fingerprint density at radius 1 is 1.19 bits per heavy atom. The smallest absolute Gasteiger partial charge is 0.159 e. The van der Waals surface area contributed by atoms with Gasteiger partial charge in [-0.2, -0.15) is 5.26 Å². The molecule has 0 spiro atoms. The van der Waals surface area contributed by atoms with Gasteiger partial charge in [-0.15, -0.1) is 10.2 Å². The normalized spacial score (nSPS) is 15.0. The molecule has 7 heteroatoms. The molecule has 3 aromatic rings. The second-order valence-electron chi connectivity index (χ2n) is 7.95. The summed E-state index contributed by atoms with van der Waals surface area (Å²) in [5.41, 5.74) is 3.37. The first-order valence-electron chi connectivity index (χ1n) is 10.9. The second-order valence-corrected chi connectivity index (χ2v) is 7.95. The van der Waals surface area contributed by atoms with Gasteiger partial charge in [-0.25, -0.2) is 0 Å². The largest absolute Gasteiger partial charge is 0.354 e. The molecule has 0 unspecified atom stereocenters. The lowest BCUT2D eigenvalue weighted by Gasteiger charge is -2.33. The molecule has 0 saturated carbocycles. The number of nitrogens with zero attached hydrogens (tertiary/aromatic N) is 5. The van der Waals surface area contributed by atoms with Crippen LogP contribution in [0.1, 0.15) is 36.1 Å². The first kappa shape index (κ1) is 21.6. The van der Waals surface area contributed by atoms with Crippen LogP contribution in [0.5, 0.6) is 0 Å². The highest BCUT2D eigenvalue weighted by Gasteiger charge is 2.23. The molecular weight excluding hydrogens is 398 g/mol. The molecule has 0 atom stereocenters. The first-order valence-corrected chi connectivity index (χ1v) is 10.9. The van der Waals surface area contributed by atoms with Gasteiger partial charge in [0.1, 0.15) is 5.69 Å². The Labute approximate surface area is 188 Å². The van der Waals surface area contributed by atoms with Crippen molar-refractivity contribution < 1.29 is 0 Å². The molecule has 0 aliphatic carbocycles. The van der Waals surface area contributed by atoms with Crippen molar-refractivity contribution in [3.63, 3.8) is 0 Å². The van der Waals surface area contributed by atoms with E-state index < -0.39 is 0 Å². The molecule has 1 aromatic heterocycles. The summed E-state index contributed by atoms with van der Waals surface area (Å²) in [6.07, 6.45) is 3.83. The maximum atomic E-state index is 9.08. The zero-order valence-corrected chi connectivity index (χ0v) is 18.3. The average Bonchev–Trinajstić information content (AvgIpc) is 2.86. The fourth-order valence-corrected chi connectivity index (χ4v) is 4.24. The van der Waals surface area contributed by atoms with Crippen LogP contribution in [0.3, 0.4) is 0 Å². The Balaban J connectivity index is 1.46. The van der Waals surface area contributed by atoms with Gasteiger partial charge < -0.3 is 15.6 Å². The van der Waals surface area contributed by atoms with Crippen LogP contribution in [0.4, 0.5) is 5.82 Å². The van der Waals surface area contributed by atoms with Gasteiger partial charge in [0.25, 0.3) is 0 Å². The SMILES string of the molecule is CN=C(CC=N)c1nnc(N2CCC(NCc3cccc(C#N)c3)CC2)c2ccccc12. The molecule has 0 radical (unpaired) electrons. The Kier molecular flexibility index (Phi) is 6.83. The van der Waals surface area contributed by atoms with Crippen molar-refractivity contribution >= 4 is 28.5 Å². The summed E-state index contributed by atoms with van der Waals surface area (Å²) in [6, 6.07) is 18.6. The Morgan fingerprint density at radius 3 is 2.69 bits per heavy atom. The number of nitrogens with one attached hydrogen (secondary N) is 2. The molecule has 2 N–H and O–H groups in total. The minimum Gasteiger partial charge on any atom is -0.354 e. The zero-order valence-electron chi connectivity index (χ0n) is 18.3. The van der Waals surface area contributed by atoms with E-state index in [1.165, 1.54) is 6.21 Å². The number of benzene rings is 2. The number of aliphatic imine (C=N–C) groups is 1. The van der Waals surface area contributed by atoms with Crippen LogP contribution < -0.4 is 10.2 Å². The number of aromatic nitrogens is 2. The highest BCUT2D eigenvalue weighted by molar-refractivity contribution is 6.14. The van der Waals surface area contributed by atoms with Crippen molar-refractivity contribution in [2.75, 3.05) is 25.0 Å². The minimum atomic E-state index is 0.432. The fraction of sp³-hybridized carbons (Fsp3) is 0.320. The van der Waals surface area contributed by atoms with Crippen LogP contribution in [0.25, 0.3) is 10.8 Å². The van der Waals surface area contributed by atoms with Gasteiger partial charge in [0, 0.05) is 56.1 Å². The van der Waals surface area contributed by atoms with Gasteiger partial charge in [0.15, 0.2) is 5.82 Å². The van der Waals surface area contributed by atoms with E-state index in [1.807, 2.05) is 30.3 Å². The summed E-state index contributed by atoms with van der Waals surface area (Å²) in [7, 11) is 1.73. The number of rotatable bonds is 7. The van der Waals surface area contributed by atoms with E-state index in [0.29, 0.717) is 18.0 Å². The Bertz CT molecular complexity index is 1170. The third kappa shape index (κ3) is 4.66. The zero-order chi connectivity index (χ0) is 22.3. The van der Waals surface area contributed by atoms with E-state index >= 15 is 0 Å². The van der Waals surface area contributed by atoms with E-state index in [0.717, 1.165) is 66.0 Å². The molecule has 1 aliphatic rings. The monoisotopic (exact) mass is 425 g/mol. The maximum Gasteiger partial charge on any atom is 0.159 e. The molecule has 1 fully saturated rings. The van der Waals surface area contributed by atoms with Gasteiger partial charge in [0.05, 0.1) is 17.3 Å². The second kappa shape index (κ2) is 10.1. The molecular formula is C25H27N7. The predicted molar refractivity (Wildman–Crippen MR) is 129 cm³/mol. The number of hydrogen-bond acceptors (Lipinski definition) is 7. The van der Waals surface area contributed by atoms with Gasteiger partial charge in [-0.05, 0) is 30.5 Å². The van der Waals surface area contributed by atoms with E-state index in [-0.39, 0.29) is 0 Å². The lowest BCUT2D eigenvalue weighted by atomic mass is 10.0. The van der Waals surface area contributed by atoms with Crippen LogP contribution in [-0.2, 0) is 6.54 Å². The van der Waals surface area contributed by atoms with E-state index in [1.54, 1.807) is 7.05 Å². The molecule has 0 bridgehead atoms. The number of fused-ring (bicyclic) bond motifs is 1. The molecule has 2 heterocycles. The molecule has 162 valence electrons. The van der Waals surface area contributed by atoms with E-state index in [9.17, 15) is 0 Å². The van der Waals surface area contributed by atoms with E-state index in [4.69, 9.17) is 10.7 Å². The Morgan fingerprint density at radius 2 is 1.97 bits per heavy atom. The Hall–Kier alpha value is -3.63. The first-order chi connectivity index (χ1) is 15.7. The molecule has 0 amide bonds. The molecule has 7 nitrogen and oxygen atoms in total. The standard InChI is InChI=1S/C25H27N7/c1-28-23(9-12-26)24-21-7-2-3-8-22(21)25(31-30-24)32-13-10-20(11-14-32)29-17-19-6-4-5-18(15-19)16-27/h2-8,12,15,20,26,29H,9-11,13-14,17H2,1H3. The van der Waals surface area contributed by atoms with E-state index in [2.05, 4.69) is 49.7 Å². The van der Waals surface area contributed by atoms with Crippen molar-refractivity contribution in [2.24, 2.45) is 4.99 Å². The quantitative estimate of drug-likeness (QED) is 0.562. The van der Waals surface area contributed by atoms with Gasteiger partial charge >= 0.3 is 0 Å². The summed E-state index contributed by atoms with van der Waals surface area (Å²) in [5, 5.41) is 31.4. The topological polar surface area (TPSA) is 101 Å².